The number of amides is 2. The van der Waals surface area contributed by atoms with E-state index < -0.39 is 11.4 Å². The maximum absolute atomic E-state index is 12.0. The lowest BCUT2D eigenvalue weighted by molar-refractivity contribution is -0.146. The van der Waals surface area contributed by atoms with Crippen LogP contribution in [0.3, 0.4) is 0 Å². The largest absolute Gasteiger partial charge is 0.481 e. The van der Waals surface area contributed by atoms with Crippen LogP contribution >= 0.6 is 15.9 Å². The first-order valence-corrected chi connectivity index (χ1v) is 7.05. The Labute approximate surface area is 125 Å². The average Bonchev–Trinajstić information content (AvgIpc) is 2.91. The van der Waals surface area contributed by atoms with Crippen molar-refractivity contribution in [1.29, 1.82) is 0 Å². The highest BCUT2D eigenvalue weighted by Gasteiger charge is 2.42. The van der Waals surface area contributed by atoms with Gasteiger partial charge in [0, 0.05) is 26.3 Å². The van der Waals surface area contributed by atoms with Gasteiger partial charge in [0.25, 0.3) is 0 Å². The van der Waals surface area contributed by atoms with E-state index in [-0.39, 0.29) is 12.6 Å². The van der Waals surface area contributed by atoms with Crippen LogP contribution in [0.25, 0.3) is 0 Å². The third-order valence-corrected chi connectivity index (χ3v) is 4.20. The standard InChI is InChI=1S/C12H17BrN4O3/c1-12(10(18)19)3-4-17(7-12)11(20)14-5-9-8(13)6-16(2)15-9/h6H,3-5,7H2,1-2H3,(H,14,20)(H,18,19). The Morgan fingerprint density at radius 2 is 2.30 bits per heavy atom. The first kappa shape index (κ1) is 14.8. The maximum atomic E-state index is 12.0. The van der Waals surface area contributed by atoms with Crippen LogP contribution in [0.4, 0.5) is 4.79 Å². The molecule has 8 heteroatoms. The predicted molar refractivity (Wildman–Crippen MR) is 75.1 cm³/mol. The van der Waals surface area contributed by atoms with E-state index in [9.17, 15) is 9.59 Å². The number of carboxylic acids is 1. The van der Waals surface area contributed by atoms with Crippen LogP contribution in [-0.2, 0) is 18.4 Å². The minimum atomic E-state index is -0.861. The number of urea groups is 1. The van der Waals surface area contributed by atoms with Crippen molar-refractivity contribution in [3.63, 3.8) is 0 Å². The quantitative estimate of drug-likeness (QED) is 0.862. The van der Waals surface area contributed by atoms with E-state index in [4.69, 9.17) is 5.11 Å². The van der Waals surface area contributed by atoms with E-state index in [1.165, 1.54) is 4.90 Å². The van der Waals surface area contributed by atoms with Gasteiger partial charge in [-0.15, -0.1) is 0 Å². The van der Waals surface area contributed by atoms with Crippen molar-refractivity contribution in [2.45, 2.75) is 19.9 Å². The first-order valence-electron chi connectivity index (χ1n) is 6.26. The third-order valence-electron chi connectivity index (χ3n) is 3.54. The van der Waals surface area contributed by atoms with Crippen molar-refractivity contribution in [1.82, 2.24) is 20.0 Å². The molecule has 1 atom stereocenters. The van der Waals surface area contributed by atoms with Crippen LogP contribution in [0.15, 0.2) is 10.7 Å². The Hall–Kier alpha value is -1.57. The molecule has 2 N–H and O–H groups in total. The molecule has 0 radical (unpaired) electrons. The summed E-state index contributed by atoms with van der Waals surface area (Å²) in [6, 6.07) is -0.257. The zero-order valence-corrected chi connectivity index (χ0v) is 13.0. The van der Waals surface area contributed by atoms with Crippen LogP contribution in [0.5, 0.6) is 0 Å². The summed E-state index contributed by atoms with van der Waals surface area (Å²) in [6.45, 7) is 2.66. The summed E-state index contributed by atoms with van der Waals surface area (Å²) in [6.07, 6.45) is 2.28. The number of hydrogen-bond donors (Lipinski definition) is 2. The molecule has 1 unspecified atom stereocenters. The van der Waals surface area contributed by atoms with E-state index in [1.54, 1.807) is 24.9 Å². The topological polar surface area (TPSA) is 87.5 Å². The molecule has 0 aliphatic carbocycles. The Kier molecular flexibility index (Phi) is 4.03. The molecule has 2 rings (SSSR count). The van der Waals surface area contributed by atoms with Crippen LogP contribution in [0.2, 0.25) is 0 Å². The molecule has 20 heavy (non-hydrogen) atoms. The summed E-state index contributed by atoms with van der Waals surface area (Å²) in [5.74, 6) is -0.861. The molecule has 0 bridgehead atoms. The smallest absolute Gasteiger partial charge is 0.317 e. The van der Waals surface area contributed by atoms with Crippen molar-refractivity contribution in [3.8, 4) is 0 Å². The number of halogens is 1. The molecule has 0 aromatic carbocycles. The fourth-order valence-electron chi connectivity index (χ4n) is 2.21. The molecule has 2 amide bonds. The zero-order chi connectivity index (χ0) is 14.9. The van der Waals surface area contributed by atoms with Crippen LogP contribution in [-0.4, -0.2) is 44.9 Å². The molecule has 110 valence electrons. The molecule has 1 saturated heterocycles. The number of carbonyl (C=O) groups excluding carboxylic acids is 1. The Bertz CT molecular complexity index is 545. The summed E-state index contributed by atoms with van der Waals surface area (Å²) in [5.41, 5.74) is -0.107. The number of likely N-dealkylation sites (tertiary alicyclic amines) is 1. The van der Waals surface area contributed by atoms with Crippen LogP contribution in [0, 0.1) is 5.41 Å². The summed E-state index contributed by atoms with van der Waals surface area (Å²) >= 11 is 3.36. The highest BCUT2D eigenvalue weighted by molar-refractivity contribution is 9.10. The van der Waals surface area contributed by atoms with E-state index in [0.717, 1.165) is 10.2 Å². The summed E-state index contributed by atoms with van der Waals surface area (Å²) in [4.78, 5) is 24.7. The van der Waals surface area contributed by atoms with Gasteiger partial charge in [-0.1, -0.05) is 0 Å². The van der Waals surface area contributed by atoms with Gasteiger partial charge in [0.1, 0.15) is 0 Å². The predicted octanol–water partition coefficient (Wildman–Crippen LogP) is 1.19. The molecular formula is C12H17BrN4O3. The first-order chi connectivity index (χ1) is 9.32. The Morgan fingerprint density at radius 3 is 2.80 bits per heavy atom. The van der Waals surface area contributed by atoms with Crippen molar-refractivity contribution < 1.29 is 14.7 Å². The minimum absolute atomic E-state index is 0.234. The molecule has 0 spiro atoms. The lowest BCUT2D eigenvalue weighted by atomic mass is 9.90. The van der Waals surface area contributed by atoms with Gasteiger partial charge in [-0.05, 0) is 29.3 Å². The number of rotatable bonds is 3. The van der Waals surface area contributed by atoms with Gasteiger partial charge in [0.2, 0.25) is 0 Å². The molecule has 7 nitrogen and oxygen atoms in total. The van der Waals surface area contributed by atoms with Gasteiger partial charge in [0.05, 0.1) is 22.1 Å². The molecule has 1 fully saturated rings. The molecule has 0 saturated carbocycles. The van der Waals surface area contributed by atoms with Gasteiger partial charge in [-0.25, -0.2) is 4.79 Å². The molecule has 1 aliphatic heterocycles. The van der Waals surface area contributed by atoms with E-state index in [2.05, 4.69) is 26.3 Å². The molecule has 1 aromatic heterocycles. The second-order valence-corrected chi connectivity index (χ2v) is 6.15. The summed E-state index contributed by atoms with van der Waals surface area (Å²) in [7, 11) is 1.80. The summed E-state index contributed by atoms with van der Waals surface area (Å²) in [5, 5.41) is 16.1. The molecule has 2 heterocycles. The number of carbonyl (C=O) groups is 2. The van der Waals surface area contributed by atoms with Crippen molar-refractivity contribution in [3.05, 3.63) is 16.4 Å². The van der Waals surface area contributed by atoms with Gasteiger partial charge in [-0.2, -0.15) is 5.10 Å². The SMILES string of the molecule is Cn1cc(Br)c(CNC(=O)N2CCC(C)(C(=O)O)C2)n1. The van der Waals surface area contributed by atoms with Crippen LogP contribution in [0.1, 0.15) is 19.0 Å². The number of hydrogen-bond acceptors (Lipinski definition) is 3. The van der Waals surface area contributed by atoms with E-state index >= 15 is 0 Å². The second kappa shape index (κ2) is 5.43. The van der Waals surface area contributed by atoms with E-state index in [0.29, 0.717) is 19.5 Å². The fourth-order valence-corrected chi connectivity index (χ4v) is 2.72. The normalized spacial score (nSPS) is 22.1. The van der Waals surface area contributed by atoms with Gasteiger partial charge < -0.3 is 15.3 Å². The fraction of sp³-hybridized carbons (Fsp3) is 0.583. The third kappa shape index (κ3) is 2.95. The number of aliphatic carboxylic acids is 1. The number of carboxylic acid groups (broad SMARTS) is 1. The Balaban J connectivity index is 1.91. The van der Waals surface area contributed by atoms with Gasteiger partial charge in [0.15, 0.2) is 0 Å². The molecular weight excluding hydrogens is 328 g/mol. The van der Waals surface area contributed by atoms with Crippen molar-refractivity contribution >= 4 is 27.9 Å². The minimum Gasteiger partial charge on any atom is -0.481 e. The highest BCUT2D eigenvalue weighted by atomic mass is 79.9. The lowest BCUT2D eigenvalue weighted by Crippen LogP contribution is -2.40. The maximum Gasteiger partial charge on any atom is 0.317 e. The van der Waals surface area contributed by atoms with Crippen molar-refractivity contribution in [2.75, 3.05) is 13.1 Å². The average molecular weight is 345 g/mol. The Morgan fingerprint density at radius 1 is 1.60 bits per heavy atom. The van der Waals surface area contributed by atoms with Gasteiger partial charge in [-0.3, -0.25) is 9.48 Å². The van der Waals surface area contributed by atoms with E-state index in [1.807, 2.05) is 0 Å². The van der Waals surface area contributed by atoms with Crippen molar-refractivity contribution in [2.24, 2.45) is 12.5 Å². The van der Waals surface area contributed by atoms with Crippen LogP contribution < -0.4 is 5.32 Å². The number of nitrogens with one attached hydrogen (secondary N) is 1. The molecule has 1 aliphatic rings. The zero-order valence-electron chi connectivity index (χ0n) is 11.4. The summed E-state index contributed by atoms with van der Waals surface area (Å²) < 4.78 is 2.49. The number of nitrogens with zero attached hydrogens (tertiary/aromatic N) is 3. The second-order valence-electron chi connectivity index (χ2n) is 5.29. The number of aromatic nitrogens is 2. The number of aryl methyl sites for hydroxylation is 1. The lowest BCUT2D eigenvalue weighted by Gasteiger charge is -2.20. The monoisotopic (exact) mass is 344 g/mol. The highest BCUT2D eigenvalue weighted by Crippen LogP contribution is 2.30. The van der Waals surface area contributed by atoms with Gasteiger partial charge >= 0.3 is 12.0 Å². The molecule has 1 aromatic rings.